The van der Waals surface area contributed by atoms with Gasteiger partial charge < -0.3 is 14.8 Å². The molecule has 0 atom stereocenters. The van der Waals surface area contributed by atoms with Crippen LogP contribution in [0, 0.1) is 18.6 Å². The van der Waals surface area contributed by atoms with Crippen LogP contribution in [0.2, 0.25) is 0 Å². The van der Waals surface area contributed by atoms with Crippen molar-refractivity contribution in [3.8, 4) is 17.2 Å². The smallest absolute Gasteiger partial charge is 0.266 e. The number of anilines is 1. The lowest BCUT2D eigenvalue weighted by Gasteiger charge is -2.24. The topological polar surface area (TPSA) is 102 Å². The number of ether oxygens (including phenoxy) is 2. The van der Waals surface area contributed by atoms with Crippen LogP contribution in [-0.2, 0) is 16.6 Å². The first-order chi connectivity index (χ1) is 15.3. The third-order valence-electron chi connectivity index (χ3n) is 4.67. The number of benzene rings is 2. The van der Waals surface area contributed by atoms with Crippen LogP contribution in [0.15, 0.2) is 58.5 Å². The number of pyridine rings is 1. The van der Waals surface area contributed by atoms with Gasteiger partial charge in [-0.05, 0) is 36.8 Å². The molecule has 3 aromatic rings. The summed E-state index contributed by atoms with van der Waals surface area (Å²) < 4.78 is 67.4. The number of aryl methyl sites for hydroxylation is 1. The van der Waals surface area contributed by atoms with Crippen molar-refractivity contribution in [3.05, 3.63) is 71.6 Å². The summed E-state index contributed by atoms with van der Waals surface area (Å²) in [7, 11) is -2.79. The Bertz CT molecular complexity index is 1330. The highest BCUT2D eigenvalue weighted by Crippen LogP contribution is 2.41. The molecular weight excluding hydrogens is 442 g/mol. The monoisotopic (exact) mass is 460 g/mol. The molecule has 0 amide bonds. The van der Waals surface area contributed by atoms with Crippen molar-refractivity contribution in [2.75, 3.05) is 12.4 Å². The fourth-order valence-corrected chi connectivity index (χ4v) is 4.22. The molecule has 1 aromatic heterocycles. The molecule has 4 rings (SSSR count). The summed E-state index contributed by atoms with van der Waals surface area (Å²) in [6, 6.07) is 10.6. The number of sulfonamides is 1. The van der Waals surface area contributed by atoms with Crippen LogP contribution < -0.4 is 19.5 Å². The van der Waals surface area contributed by atoms with Gasteiger partial charge in [-0.25, -0.2) is 22.5 Å². The van der Waals surface area contributed by atoms with E-state index in [-0.39, 0.29) is 23.9 Å². The second-order valence-electron chi connectivity index (χ2n) is 6.79. The molecule has 32 heavy (non-hydrogen) atoms. The molecule has 8 nitrogen and oxygen atoms in total. The number of methoxy groups -OCH3 is 1. The fraction of sp³-hybridized carbons (Fsp3) is 0.143. The zero-order valence-electron chi connectivity index (χ0n) is 17.0. The molecule has 2 N–H and O–H groups in total. The molecule has 2 heterocycles. The van der Waals surface area contributed by atoms with Crippen LogP contribution in [0.5, 0.6) is 17.2 Å². The van der Waals surface area contributed by atoms with E-state index in [4.69, 9.17) is 9.47 Å². The van der Waals surface area contributed by atoms with Gasteiger partial charge in [0, 0.05) is 6.20 Å². The maximum absolute atomic E-state index is 14.7. The van der Waals surface area contributed by atoms with Crippen molar-refractivity contribution in [1.29, 1.82) is 0 Å². The van der Waals surface area contributed by atoms with Crippen molar-refractivity contribution >= 4 is 21.7 Å². The van der Waals surface area contributed by atoms with E-state index in [1.54, 1.807) is 43.3 Å². The Hall–Kier alpha value is -3.73. The third kappa shape index (κ3) is 4.06. The molecule has 0 bridgehead atoms. The lowest BCUT2D eigenvalue weighted by molar-refractivity contribution is 0.407. The molecule has 11 heteroatoms. The van der Waals surface area contributed by atoms with Crippen molar-refractivity contribution in [2.45, 2.75) is 18.4 Å². The molecular formula is C21H18F2N4O4S. The van der Waals surface area contributed by atoms with Crippen molar-refractivity contribution in [3.63, 3.8) is 0 Å². The number of nitrogens with one attached hydrogen (secondary N) is 2. The molecule has 0 spiro atoms. The number of hydrogen-bond donors (Lipinski definition) is 2. The summed E-state index contributed by atoms with van der Waals surface area (Å²) in [5, 5.41) is 2.70. The average molecular weight is 460 g/mol. The highest BCUT2D eigenvalue weighted by atomic mass is 32.2. The van der Waals surface area contributed by atoms with Gasteiger partial charge in [0.15, 0.2) is 11.6 Å². The second-order valence-corrected chi connectivity index (χ2v) is 8.44. The van der Waals surface area contributed by atoms with E-state index in [0.29, 0.717) is 23.1 Å². The van der Waals surface area contributed by atoms with Crippen LogP contribution in [0.1, 0.15) is 11.3 Å². The van der Waals surface area contributed by atoms with Crippen LogP contribution in [-0.4, -0.2) is 26.5 Å². The SMILES string of the molecule is COc1cccnc1CN=C1Nc2c(cc(F)c(F)c2Oc2ccccc2C)S(=O)(=O)N1. The van der Waals surface area contributed by atoms with E-state index in [1.807, 2.05) is 0 Å². The summed E-state index contributed by atoms with van der Waals surface area (Å²) in [6.07, 6.45) is 1.54. The van der Waals surface area contributed by atoms with E-state index in [2.05, 4.69) is 20.0 Å². The zero-order valence-corrected chi connectivity index (χ0v) is 17.8. The number of para-hydroxylation sites is 1. The Kier molecular flexibility index (Phi) is 5.66. The van der Waals surface area contributed by atoms with Crippen LogP contribution >= 0.6 is 0 Å². The molecule has 1 aliphatic heterocycles. The fourth-order valence-electron chi connectivity index (χ4n) is 3.07. The number of aromatic nitrogens is 1. The van der Waals surface area contributed by atoms with Gasteiger partial charge in [-0.2, -0.15) is 4.39 Å². The summed E-state index contributed by atoms with van der Waals surface area (Å²) in [4.78, 5) is 7.82. The lowest BCUT2D eigenvalue weighted by Crippen LogP contribution is -2.41. The van der Waals surface area contributed by atoms with Gasteiger partial charge in [0.1, 0.15) is 27.8 Å². The Morgan fingerprint density at radius 2 is 1.88 bits per heavy atom. The van der Waals surface area contributed by atoms with Gasteiger partial charge in [-0.1, -0.05) is 18.2 Å². The molecule has 0 radical (unpaired) electrons. The lowest BCUT2D eigenvalue weighted by atomic mass is 10.2. The summed E-state index contributed by atoms with van der Waals surface area (Å²) >= 11 is 0. The van der Waals surface area contributed by atoms with Gasteiger partial charge in [0.25, 0.3) is 10.0 Å². The average Bonchev–Trinajstić information content (AvgIpc) is 2.77. The van der Waals surface area contributed by atoms with E-state index in [9.17, 15) is 17.2 Å². The zero-order chi connectivity index (χ0) is 22.9. The normalized spacial score (nSPS) is 15.4. The first kappa shape index (κ1) is 21.5. The maximum Gasteiger partial charge on any atom is 0.266 e. The Labute approximate surface area is 183 Å². The molecule has 2 aromatic carbocycles. The Morgan fingerprint density at radius 1 is 1.12 bits per heavy atom. The highest BCUT2D eigenvalue weighted by Gasteiger charge is 2.33. The highest BCUT2D eigenvalue weighted by molar-refractivity contribution is 7.90. The van der Waals surface area contributed by atoms with E-state index in [1.165, 1.54) is 13.3 Å². The molecule has 0 aliphatic carbocycles. The van der Waals surface area contributed by atoms with Gasteiger partial charge in [0.2, 0.25) is 11.8 Å². The first-order valence-electron chi connectivity index (χ1n) is 9.38. The third-order valence-corrected chi connectivity index (χ3v) is 6.03. The van der Waals surface area contributed by atoms with Gasteiger partial charge in [-0.3, -0.25) is 4.98 Å². The number of hydrogen-bond acceptors (Lipinski definition) is 6. The second kappa shape index (κ2) is 8.42. The number of nitrogens with zero attached hydrogens (tertiary/aromatic N) is 2. The van der Waals surface area contributed by atoms with Crippen molar-refractivity contribution in [1.82, 2.24) is 9.71 Å². The minimum absolute atomic E-state index is 0.0398. The van der Waals surface area contributed by atoms with Crippen molar-refractivity contribution < 1.29 is 26.7 Å². The summed E-state index contributed by atoms with van der Waals surface area (Å²) in [5.41, 5.74) is 0.839. The molecule has 0 fully saturated rings. The van der Waals surface area contributed by atoms with Crippen LogP contribution in [0.3, 0.4) is 0 Å². The standard InChI is InChI=1S/C21H18F2N4O4S/c1-12-6-3-4-7-15(12)31-20-18(23)13(22)10-17-19(20)26-21(27-32(17,28)29)25-11-14-16(30-2)8-5-9-24-14/h3-10H,11H2,1-2H3,(H2,25,26,27). The molecule has 166 valence electrons. The number of halogens is 2. The van der Waals surface area contributed by atoms with Crippen LogP contribution in [0.4, 0.5) is 14.5 Å². The molecule has 0 saturated carbocycles. The largest absolute Gasteiger partial charge is 0.495 e. The van der Waals surface area contributed by atoms with Gasteiger partial charge >= 0.3 is 0 Å². The predicted molar refractivity (Wildman–Crippen MR) is 113 cm³/mol. The summed E-state index contributed by atoms with van der Waals surface area (Å²) in [6.45, 7) is 1.68. The van der Waals surface area contributed by atoms with E-state index in [0.717, 1.165) is 0 Å². The molecule has 0 unspecified atom stereocenters. The minimum atomic E-state index is -4.26. The first-order valence-corrected chi connectivity index (χ1v) is 10.9. The number of aliphatic imine (C=N–C) groups is 1. The quantitative estimate of drug-likeness (QED) is 0.602. The maximum atomic E-state index is 14.7. The van der Waals surface area contributed by atoms with Crippen LogP contribution in [0.25, 0.3) is 0 Å². The van der Waals surface area contributed by atoms with Crippen molar-refractivity contribution in [2.24, 2.45) is 4.99 Å². The van der Waals surface area contributed by atoms with E-state index < -0.39 is 32.3 Å². The summed E-state index contributed by atoms with van der Waals surface area (Å²) in [5.74, 6) is -2.78. The molecule has 0 saturated heterocycles. The van der Waals surface area contributed by atoms with Gasteiger partial charge in [-0.15, -0.1) is 0 Å². The minimum Gasteiger partial charge on any atom is -0.495 e. The number of guanidine groups is 1. The Morgan fingerprint density at radius 3 is 2.62 bits per heavy atom. The van der Waals surface area contributed by atoms with Gasteiger partial charge in [0.05, 0.1) is 13.7 Å². The number of rotatable bonds is 5. The predicted octanol–water partition coefficient (Wildman–Crippen LogP) is 3.73. The Balaban J connectivity index is 1.76. The number of fused-ring (bicyclic) bond motifs is 1. The van der Waals surface area contributed by atoms with E-state index >= 15 is 0 Å². The molecule has 1 aliphatic rings.